The molecule has 0 atom stereocenters. The van der Waals surface area contributed by atoms with Crippen LogP contribution in [-0.4, -0.2) is 36.3 Å². The van der Waals surface area contributed by atoms with Gasteiger partial charge in [-0.2, -0.15) is 0 Å². The molecule has 0 aliphatic carbocycles. The van der Waals surface area contributed by atoms with Crippen LogP contribution < -0.4 is 21.7 Å². The lowest BCUT2D eigenvalue weighted by Crippen LogP contribution is -2.38. The molecule has 3 amide bonds. The fourth-order valence-corrected chi connectivity index (χ4v) is 2.79. The number of carbonyl (C=O) groups is 3. The van der Waals surface area contributed by atoms with Crippen LogP contribution in [0, 0.1) is 0 Å². The lowest BCUT2D eigenvalue weighted by molar-refractivity contribution is -0.122. The van der Waals surface area contributed by atoms with Crippen molar-refractivity contribution >= 4 is 28.5 Å². The Balaban J connectivity index is 0.000000479. The Bertz CT molecular complexity index is 838. The predicted molar refractivity (Wildman–Crippen MR) is 121 cm³/mol. The fourth-order valence-electron chi connectivity index (χ4n) is 2.79. The molecule has 0 spiro atoms. The first-order chi connectivity index (χ1) is 14.1. The molecular weight excluding hydrogens is 380 g/mol. The summed E-state index contributed by atoms with van der Waals surface area (Å²) in [6.07, 6.45) is 0.554. The summed E-state index contributed by atoms with van der Waals surface area (Å²) in [5, 5.41) is 10.6. The Morgan fingerprint density at radius 1 is 0.900 bits per heavy atom. The highest BCUT2D eigenvalue weighted by atomic mass is 16.2. The SMILES string of the molecule is CC(=O)NC(C)(C)C.NCCC(=O)NCCC(=O)NCc1cccc2ccccc12. The number of carbonyl (C=O) groups excluding carboxylic acids is 3. The summed E-state index contributed by atoms with van der Waals surface area (Å²) in [6.45, 7) is 8.51. The van der Waals surface area contributed by atoms with Crippen molar-refractivity contribution < 1.29 is 14.4 Å². The Labute approximate surface area is 178 Å². The highest BCUT2D eigenvalue weighted by molar-refractivity contribution is 5.86. The van der Waals surface area contributed by atoms with E-state index in [2.05, 4.69) is 16.0 Å². The number of rotatable bonds is 7. The minimum atomic E-state index is -0.121. The van der Waals surface area contributed by atoms with Gasteiger partial charge in [-0.1, -0.05) is 42.5 Å². The van der Waals surface area contributed by atoms with Crippen LogP contribution in [0.3, 0.4) is 0 Å². The third-order valence-electron chi connectivity index (χ3n) is 3.95. The van der Waals surface area contributed by atoms with Crippen molar-refractivity contribution in [1.29, 1.82) is 0 Å². The molecule has 7 nitrogen and oxygen atoms in total. The van der Waals surface area contributed by atoms with E-state index in [0.29, 0.717) is 19.6 Å². The van der Waals surface area contributed by atoms with Crippen molar-refractivity contribution in [2.24, 2.45) is 5.73 Å². The highest BCUT2D eigenvalue weighted by Gasteiger charge is 2.09. The van der Waals surface area contributed by atoms with Gasteiger partial charge in [0.05, 0.1) is 0 Å². The second-order valence-electron chi connectivity index (χ2n) is 7.98. The van der Waals surface area contributed by atoms with Crippen LogP contribution >= 0.6 is 0 Å². The molecule has 0 saturated carbocycles. The van der Waals surface area contributed by atoms with Crippen molar-refractivity contribution in [3.63, 3.8) is 0 Å². The first kappa shape index (κ1) is 25.1. The van der Waals surface area contributed by atoms with Crippen LogP contribution in [-0.2, 0) is 20.9 Å². The number of benzene rings is 2. The molecule has 2 aromatic carbocycles. The van der Waals surface area contributed by atoms with Gasteiger partial charge in [0.2, 0.25) is 17.7 Å². The summed E-state index contributed by atoms with van der Waals surface area (Å²) in [6, 6.07) is 14.1. The number of amides is 3. The minimum Gasteiger partial charge on any atom is -0.356 e. The Kier molecular flexibility index (Phi) is 10.5. The van der Waals surface area contributed by atoms with E-state index >= 15 is 0 Å². The first-order valence-corrected chi connectivity index (χ1v) is 10.1. The summed E-state index contributed by atoms with van der Waals surface area (Å²) >= 11 is 0. The van der Waals surface area contributed by atoms with E-state index in [0.717, 1.165) is 16.3 Å². The normalized spacial score (nSPS) is 10.6. The van der Waals surface area contributed by atoms with Gasteiger partial charge in [0.15, 0.2) is 0 Å². The van der Waals surface area contributed by atoms with E-state index in [1.807, 2.05) is 63.2 Å². The fraction of sp³-hybridized carbons (Fsp3) is 0.435. The lowest BCUT2D eigenvalue weighted by Gasteiger charge is -2.18. The Morgan fingerprint density at radius 3 is 2.13 bits per heavy atom. The molecular formula is C23H34N4O3. The largest absolute Gasteiger partial charge is 0.356 e. The molecule has 0 aromatic heterocycles. The van der Waals surface area contributed by atoms with Gasteiger partial charge in [-0.15, -0.1) is 0 Å². The summed E-state index contributed by atoms with van der Waals surface area (Å²) in [4.78, 5) is 33.4. The van der Waals surface area contributed by atoms with Gasteiger partial charge < -0.3 is 21.7 Å². The predicted octanol–water partition coefficient (Wildman–Crippen LogP) is 2.23. The van der Waals surface area contributed by atoms with Crippen molar-refractivity contribution in [3.05, 3.63) is 48.0 Å². The maximum absolute atomic E-state index is 11.8. The van der Waals surface area contributed by atoms with Crippen LogP contribution in [0.5, 0.6) is 0 Å². The molecule has 2 rings (SSSR count). The molecule has 0 radical (unpaired) electrons. The number of hydrogen-bond acceptors (Lipinski definition) is 4. The van der Waals surface area contributed by atoms with Crippen LogP contribution in [0.4, 0.5) is 0 Å². The van der Waals surface area contributed by atoms with E-state index < -0.39 is 0 Å². The first-order valence-electron chi connectivity index (χ1n) is 10.1. The van der Waals surface area contributed by atoms with E-state index in [-0.39, 0.29) is 36.1 Å². The van der Waals surface area contributed by atoms with Gasteiger partial charge in [0, 0.05) is 44.9 Å². The monoisotopic (exact) mass is 414 g/mol. The summed E-state index contributed by atoms with van der Waals surface area (Å²) < 4.78 is 0. The molecule has 0 aliphatic rings. The summed E-state index contributed by atoms with van der Waals surface area (Å²) in [5.41, 5.74) is 6.28. The van der Waals surface area contributed by atoms with E-state index in [4.69, 9.17) is 5.73 Å². The molecule has 7 heteroatoms. The smallest absolute Gasteiger partial charge is 0.222 e. The molecule has 0 bridgehead atoms. The minimum absolute atomic E-state index is 0.0255. The summed E-state index contributed by atoms with van der Waals surface area (Å²) in [5.74, 6) is -0.178. The molecule has 0 unspecified atom stereocenters. The average molecular weight is 415 g/mol. The van der Waals surface area contributed by atoms with Gasteiger partial charge in [-0.3, -0.25) is 14.4 Å². The average Bonchev–Trinajstić information content (AvgIpc) is 2.65. The standard InChI is InChI=1S/C17H21N3O2.C6H13NO/c18-10-8-16(21)19-11-9-17(22)20-12-14-6-3-5-13-4-1-2-7-15(13)14;1-5(8)7-6(2,3)4/h1-7H,8-12,18H2,(H,19,21)(H,20,22);1-4H3,(H,7,8). The van der Waals surface area contributed by atoms with Crippen molar-refractivity contribution in [1.82, 2.24) is 16.0 Å². The summed E-state index contributed by atoms with van der Waals surface area (Å²) in [7, 11) is 0. The third kappa shape index (κ3) is 10.6. The second-order valence-corrected chi connectivity index (χ2v) is 7.98. The lowest BCUT2D eigenvalue weighted by atomic mass is 10.0. The van der Waals surface area contributed by atoms with Gasteiger partial charge in [0.25, 0.3) is 0 Å². The zero-order chi connectivity index (χ0) is 22.6. The van der Waals surface area contributed by atoms with Gasteiger partial charge >= 0.3 is 0 Å². The van der Waals surface area contributed by atoms with Crippen LogP contribution in [0.15, 0.2) is 42.5 Å². The topological polar surface area (TPSA) is 113 Å². The van der Waals surface area contributed by atoms with Crippen LogP contribution in [0.1, 0.15) is 46.1 Å². The molecule has 0 saturated heterocycles. The highest BCUT2D eigenvalue weighted by Crippen LogP contribution is 2.18. The number of fused-ring (bicyclic) bond motifs is 1. The third-order valence-corrected chi connectivity index (χ3v) is 3.95. The Morgan fingerprint density at radius 2 is 1.53 bits per heavy atom. The molecule has 5 N–H and O–H groups in total. The zero-order valence-corrected chi connectivity index (χ0v) is 18.4. The molecule has 164 valence electrons. The van der Waals surface area contributed by atoms with E-state index in [9.17, 15) is 14.4 Å². The van der Waals surface area contributed by atoms with Crippen molar-refractivity contribution in [2.75, 3.05) is 13.1 Å². The van der Waals surface area contributed by atoms with E-state index in [1.165, 1.54) is 6.92 Å². The van der Waals surface area contributed by atoms with Crippen LogP contribution in [0.25, 0.3) is 10.8 Å². The molecule has 2 aromatic rings. The quantitative estimate of drug-likeness (QED) is 0.556. The maximum Gasteiger partial charge on any atom is 0.222 e. The second kappa shape index (κ2) is 12.6. The number of nitrogens with one attached hydrogen (secondary N) is 3. The van der Waals surface area contributed by atoms with Gasteiger partial charge in [-0.25, -0.2) is 0 Å². The Hall–Kier alpha value is -2.93. The number of hydrogen-bond donors (Lipinski definition) is 4. The van der Waals surface area contributed by atoms with Crippen molar-refractivity contribution in [2.45, 2.75) is 52.6 Å². The van der Waals surface area contributed by atoms with Gasteiger partial charge in [-0.05, 0) is 37.1 Å². The molecule has 30 heavy (non-hydrogen) atoms. The molecule has 0 aliphatic heterocycles. The van der Waals surface area contributed by atoms with Crippen LogP contribution in [0.2, 0.25) is 0 Å². The molecule has 0 fully saturated rings. The van der Waals surface area contributed by atoms with E-state index in [1.54, 1.807) is 0 Å². The number of nitrogens with two attached hydrogens (primary N) is 1. The maximum atomic E-state index is 11.8. The van der Waals surface area contributed by atoms with Gasteiger partial charge in [0.1, 0.15) is 0 Å². The zero-order valence-electron chi connectivity index (χ0n) is 18.4. The molecule has 0 heterocycles. The van der Waals surface area contributed by atoms with Crippen molar-refractivity contribution in [3.8, 4) is 0 Å².